The molecule has 2 aromatic rings. The van der Waals surface area contributed by atoms with Gasteiger partial charge in [-0.15, -0.1) is 11.3 Å². The lowest BCUT2D eigenvalue weighted by Crippen LogP contribution is -2.19. The molecule has 0 radical (unpaired) electrons. The van der Waals surface area contributed by atoms with Crippen LogP contribution in [0, 0.1) is 0 Å². The average molecular weight is 304 g/mol. The quantitative estimate of drug-likeness (QED) is 0.816. The summed E-state index contributed by atoms with van der Waals surface area (Å²) in [5.74, 6) is -0.272. The molecule has 2 rings (SSSR count). The lowest BCUT2D eigenvalue weighted by atomic mass is 10.1. The zero-order chi connectivity index (χ0) is 15.2. The first-order valence-electron chi connectivity index (χ1n) is 7.11. The Kier molecular flexibility index (Phi) is 5.33. The number of aromatic nitrogens is 1. The zero-order valence-corrected chi connectivity index (χ0v) is 13.1. The number of thiophene rings is 1. The average Bonchev–Trinajstić information content (AvgIpc) is 2.91. The van der Waals surface area contributed by atoms with Crippen LogP contribution in [0.2, 0.25) is 0 Å². The maximum Gasteiger partial charge on any atom is 0.335 e. The Morgan fingerprint density at radius 1 is 1.48 bits per heavy atom. The monoisotopic (exact) mass is 304 g/mol. The third kappa shape index (κ3) is 4.56. The summed E-state index contributed by atoms with van der Waals surface area (Å²) in [6.45, 7) is 4.13. The molecule has 0 spiro atoms. The van der Waals surface area contributed by atoms with Gasteiger partial charge in [0.25, 0.3) is 0 Å². The number of anilines is 1. The molecule has 1 atom stereocenters. The Labute approximate surface area is 128 Å². The van der Waals surface area contributed by atoms with Gasteiger partial charge in [0, 0.05) is 23.0 Å². The molecule has 21 heavy (non-hydrogen) atoms. The number of aryl methyl sites for hydroxylation is 1. The summed E-state index contributed by atoms with van der Waals surface area (Å²) in [4.78, 5) is 17.0. The second-order valence-corrected chi connectivity index (χ2v) is 6.15. The number of pyridine rings is 1. The zero-order valence-electron chi connectivity index (χ0n) is 12.3. The van der Waals surface area contributed by atoms with Crippen molar-refractivity contribution >= 4 is 23.1 Å². The third-order valence-corrected chi connectivity index (χ3v) is 4.01. The van der Waals surface area contributed by atoms with Crippen molar-refractivity contribution in [2.45, 2.75) is 39.2 Å². The molecule has 0 fully saturated rings. The summed E-state index contributed by atoms with van der Waals surface area (Å²) in [6, 6.07) is 7.60. The summed E-state index contributed by atoms with van der Waals surface area (Å²) in [5.41, 5.74) is 1.11. The number of nitrogens with one attached hydrogen (secondary N) is 1. The fourth-order valence-electron chi connectivity index (χ4n) is 2.20. The van der Waals surface area contributed by atoms with Crippen LogP contribution >= 0.6 is 11.3 Å². The van der Waals surface area contributed by atoms with E-state index in [2.05, 4.69) is 35.6 Å². The van der Waals surface area contributed by atoms with E-state index in [-0.39, 0.29) is 6.04 Å². The molecular weight excluding hydrogens is 284 g/mol. The lowest BCUT2D eigenvalue weighted by molar-refractivity contribution is 0.0696. The summed E-state index contributed by atoms with van der Waals surface area (Å²) < 4.78 is 0. The maximum absolute atomic E-state index is 11.2. The Morgan fingerprint density at radius 2 is 2.29 bits per heavy atom. The van der Waals surface area contributed by atoms with Gasteiger partial charge in [0.15, 0.2) is 0 Å². The molecule has 0 saturated heterocycles. The van der Waals surface area contributed by atoms with Crippen molar-refractivity contribution in [3.63, 3.8) is 0 Å². The van der Waals surface area contributed by atoms with Gasteiger partial charge >= 0.3 is 5.97 Å². The number of rotatable bonds is 7. The Morgan fingerprint density at radius 3 is 2.90 bits per heavy atom. The molecule has 2 heterocycles. The minimum absolute atomic E-state index is 0.203. The van der Waals surface area contributed by atoms with Gasteiger partial charge in [-0.05, 0) is 36.9 Å². The Bertz CT molecular complexity index is 596. The van der Waals surface area contributed by atoms with E-state index in [1.165, 1.54) is 4.88 Å². The molecule has 5 heteroatoms. The van der Waals surface area contributed by atoms with Crippen LogP contribution in [0.5, 0.6) is 0 Å². The highest BCUT2D eigenvalue weighted by Crippen LogP contribution is 2.16. The SMILES string of the molecule is CCCc1cc(C(=O)O)cc(NC(C)Cc2cccs2)n1. The number of carbonyl (C=O) groups is 1. The van der Waals surface area contributed by atoms with E-state index in [1.807, 2.05) is 6.07 Å². The molecule has 0 bridgehead atoms. The van der Waals surface area contributed by atoms with Gasteiger partial charge in [-0.2, -0.15) is 0 Å². The second kappa shape index (κ2) is 7.22. The minimum Gasteiger partial charge on any atom is -0.478 e. The first-order chi connectivity index (χ1) is 10.1. The number of hydrogen-bond donors (Lipinski definition) is 2. The number of carboxylic acid groups (broad SMARTS) is 1. The fourth-order valence-corrected chi connectivity index (χ4v) is 3.04. The lowest BCUT2D eigenvalue weighted by Gasteiger charge is -2.15. The molecule has 2 aromatic heterocycles. The van der Waals surface area contributed by atoms with Crippen molar-refractivity contribution < 1.29 is 9.90 Å². The first kappa shape index (κ1) is 15.5. The maximum atomic E-state index is 11.2. The normalized spacial score (nSPS) is 12.1. The van der Waals surface area contributed by atoms with E-state index in [4.69, 9.17) is 0 Å². The number of nitrogens with zero attached hydrogens (tertiary/aromatic N) is 1. The van der Waals surface area contributed by atoms with Crippen molar-refractivity contribution in [3.05, 3.63) is 45.8 Å². The highest BCUT2D eigenvalue weighted by atomic mass is 32.1. The largest absolute Gasteiger partial charge is 0.478 e. The minimum atomic E-state index is -0.913. The first-order valence-corrected chi connectivity index (χ1v) is 7.99. The van der Waals surface area contributed by atoms with E-state index in [0.717, 1.165) is 25.0 Å². The molecule has 2 N–H and O–H groups in total. The summed E-state index contributed by atoms with van der Waals surface area (Å²) in [6.07, 6.45) is 2.63. The number of carboxylic acids is 1. The highest BCUT2D eigenvalue weighted by Gasteiger charge is 2.11. The molecule has 0 aliphatic heterocycles. The Balaban J connectivity index is 2.12. The van der Waals surface area contributed by atoms with Gasteiger partial charge in [0.1, 0.15) is 5.82 Å². The van der Waals surface area contributed by atoms with Crippen LogP contribution in [0.4, 0.5) is 5.82 Å². The number of aromatic carboxylic acids is 1. The van der Waals surface area contributed by atoms with Crippen LogP contribution in [0.25, 0.3) is 0 Å². The molecule has 112 valence electrons. The predicted octanol–water partition coefficient (Wildman–Crippen LogP) is 3.84. The van der Waals surface area contributed by atoms with E-state index >= 15 is 0 Å². The van der Waals surface area contributed by atoms with Crippen LogP contribution < -0.4 is 5.32 Å². The Hall–Kier alpha value is -1.88. The van der Waals surface area contributed by atoms with E-state index in [1.54, 1.807) is 23.5 Å². The molecule has 0 aliphatic rings. The molecule has 0 aromatic carbocycles. The molecule has 1 unspecified atom stereocenters. The summed E-state index contributed by atoms with van der Waals surface area (Å²) >= 11 is 1.73. The van der Waals surface area contributed by atoms with Crippen molar-refractivity contribution in [1.29, 1.82) is 0 Å². The van der Waals surface area contributed by atoms with Crippen LogP contribution in [-0.4, -0.2) is 22.1 Å². The fraction of sp³-hybridized carbons (Fsp3) is 0.375. The van der Waals surface area contributed by atoms with Gasteiger partial charge in [-0.1, -0.05) is 19.4 Å². The van der Waals surface area contributed by atoms with Gasteiger partial charge in [-0.3, -0.25) is 0 Å². The van der Waals surface area contributed by atoms with Crippen LogP contribution in [0.3, 0.4) is 0 Å². The summed E-state index contributed by atoms with van der Waals surface area (Å²) in [5, 5.41) is 14.6. The molecule has 0 amide bonds. The number of hydrogen-bond acceptors (Lipinski definition) is 4. The molecular formula is C16H20N2O2S. The van der Waals surface area contributed by atoms with Crippen LogP contribution in [-0.2, 0) is 12.8 Å². The van der Waals surface area contributed by atoms with Gasteiger partial charge in [0.2, 0.25) is 0 Å². The van der Waals surface area contributed by atoms with Crippen molar-refractivity contribution in [3.8, 4) is 0 Å². The third-order valence-electron chi connectivity index (χ3n) is 3.11. The van der Waals surface area contributed by atoms with Crippen molar-refractivity contribution in [2.75, 3.05) is 5.32 Å². The van der Waals surface area contributed by atoms with Crippen molar-refractivity contribution in [2.24, 2.45) is 0 Å². The second-order valence-electron chi connectivity index (χ2n) is 5.12. The standard InChI is InChI=1S/C16H20N2O2S/c1-3-5-13-9-12(16(19)20)10-15(18-13)17-11(2)8-14-6-4-7-21-14/h4,6-7,9-11H,3,5,8H2,1-2H3,(H,17,18)(H,19,20). The van der Waals surface area contributed by atoms with E-state index in [0.29, 0.717) is 11.4 Å². The molecule has 4 nitrogen and oxygen atoms in total. The van der Waals surface area contributed by atoms with Crippen LogP contribution in [0.15, 0.2) is 29.6 Å². The molecule has 0 aliphatic carbocycles. The predicted molar refractivity (Wildman–Crippen MR) is 86.3 cm³/mol. The van der Waals surface area contributed by atoms with E-state index in [9.17, 15) is 9.90 Å². The summed E-state index contributed by atoms with van der Waals surface area (Å²) in [7, 11) is 0. The van der Waals surface area contributed by atoms with Crippen molar-refractivity contribution in [1.82, 2.24) is 4.98 Å². The highest BCUT2D eigenvalue weighted by molar-refractivity contribution is 7.09. The van der Waals surface area contributed by atoms with E-state index < -0.39 is 5.97 Å². The smallest absolute Gasteiger partial charge is 0.335 e. The topological polar surface area (TPSA) is 62.2 Å². The molecule has 0 saturated carbocycles. The van der Waals surface area contributed by atoms with Gasteiger partial charge < -0.3 is 10.4 Å². The van der Waals surface area contributed by atoms with Gasteiger partial charge in [0.05, 0.1) is 5.56 Å². The van der Waals surface area contributed by atoms with Crippen LogP contribution in [0.1, 0.15) is 41.2 Å². The van der Waals surface area contributed by atoms with Gasteiger partial charge in [-0.25, -0.2) is 9.78 Å².